The first-order chi connectivity index (χ1) is 12.7. The number of ether oxygens (including phenoxy) is 2. The number of rotatable bonds is 2. The van der Waals surface area contributed by atoms with E-state index in [1.54, 1.807) is 24.3 Å². The van der Waals surface area contributed by atoms with E-state index in [-0.39, 0.29) is 23.8 Å². The first kappa shape index (κ1) is 15.4. The van der Waals surface area contributed by atoms with Crippen LogP contribution < -0.4 is 9.47 Å². The Morgan fingerprint density at radius 1 is 0.615 bits per heavy atom. The summed E-state index contributed by atoms with van der Waals surface area (Å²) in [7, 11) is 0. The third-order valence-electron chi connectivity index (χ3n) is 5.08. The number of halogens is 2. The Hall–Kier alpha value is -2.88. The molecule has 0 radical (unpaired) electrons. The lowest BCUT2D eigenvalue weighted by Gasteiger charge is -2.11. The summed E-state index contributed by atoms with van der Waals surface area (Å²) in [6, 6.07) is 17.0. The van der Waals surface area contributed by atoms with E-state index < -0.39 is 0 Å². The fourth-order valence-electron chi connectivity index (χ4n) is 3.70. The summed E-state index contributed by atoms with van der Waals surface area (Å²) in [5.74, 6) is 1.23. The van der Waals surface area contributed by atoms with Crippen LogP contribution in [0.3, 0.4) is 0 Å². The molecule has 3 aromatic carbocycles. The van der Waals surface area contributed by atoms with Crippen molar-refractivity contribution in [2.75, 3.05) is 0 Å². The van der Waals surface area contributed by atoms with Gasteiger partial charge in [0.15, 0.2) is 0 Å². The standard InChI is InChI=1S/C22H16F2O2/c23-17-5-1-13(2-6-17)19-9-15-11-22-16(12-21(15)25-19)10-20(26-22)14-3-7-18(24)8-4-14/h1-8,11-12,19-20H,9-10H2/t19-,20-/m0/s1. The molecule has 2 nitrogen and oxygen atoms in total. The van der Waals surface area contributed by atoms with E-state index in [1.165, 1.54) is 24.3 Å². The minimum Gasteiger partial charge on any atom is -0.485 e. The SMILES string of the molecule is Fc1ccc([C@@H]2Cc3cc4c(cc3O2)C[C@@H](c2ccc(F)cc2)O4)cc1. The van der Waals surface area contributed by atoms with E-state index in [0.717, 1.165) is 46.6 Å². The highest BCUT2D eigenvalue weighted by Gasteiger charge is 2.31. The van der Waals surface area contributed by atoms with Crippen LogP contribution in [0.25, 0.3) is 0 Å². The summed E-state index contributed by atoms with van der Waals surface area (Å²) in [5, 5.41) is 0. The topological polar surface area (TPSA) is 18.5 Å². The predicted molar refractivity (Wildman–Crippen MR) is 93.4 cm³/mol. The van der Waals surface area contributed by atoms with Crippen molar-refractivity contribution in [1.82, 2.24) is 0 Å². The largest absolute Gasteiger partial charge is 0.485 e. The molecule has 26 heavy (non-hydrogen) atoms. The zero-order valence-electron chi connectivity index (χ0n) is 13.9. The molecule has 0 unspecified atom stereocenters. The molecule has 0 N–H and O–H groups in total. The Morgan fingerprint density at radius 3 is 1.38 bits per heavy atom. The van der Waals surface area contributed by atoms with Crippen molar-refractivity contribution >= 4 is 0 Å². The molecular weight excluding hydrogens is 334 g/mol. The molecule has 0 spiro atoms. The van der Waals surface area contributed by atoms with Crippen LogP contribution in [-0.2, 0) is 12.8 Å². The number of benzene rings is 3. The first-order valence-corrected chi connectivity index (χ1v) is 8.66. The molecule has 2 aliphatic heterocycles. The highest BCUT2D eigenvalue weighted by molar-refractivity contribution is 5.52. The maximum atomic E-state index is 13.1. The lowest BCUT2D eigenvalue weighted by atomic mass is 10.0. The van der Waals surface area contributed by atoms with Crippen molar-refractivity contribution in [3.8, 4) is 11.5 Å². The second-order valence-corrected chi connectivity index (χ2v) is 6.79. The van der Waals surface area contributed by atoms with E-state index in [0.29, 0.717) is 0 Å². The number of fused-ring (bicyclic) bond motifs is 2. The molecule has 5 rings (SSSR count). The average Bonchev–Trinajstić information content (AvgIpc) is 3.23. The van der Waals surface area contributed by atoms with E-state index in [1.807, 2.05) is 12.1 Å². The third kappa shape index (κ3) is 2.62. The first-order valence-electron chi connectivity index (χ1n) is 8.66. The van der Waals surface area contributed by atoms with Crippen molar-refractivity contribution < 1.29 is 18.3 Å². The zero-order valence-corrected chi connectivity index (χ0v) is 13.9. The van der Waals surface area contributed by atoms with Gasteiger partial charge in [0.1, 0.15) is 35.3 Å². The quantitative estimate of drug-likeness (QED) is 0.623. The maximum Gasteiger partial charge on any atom is 0.128 e. The van der Waals surface area contributed by atoms with E-state index >= 15 is 0 Å². The van der Waals surface area contributed by atoms with Crippen LogP contribution in [0.2, 0.25) is 0 Å². The van der Waals surface area contributed by atoms with Crippen LogP contribution in [-0.4, -0.2) is 0 Å². The molecule has 0 amide bonds. The van der Waals surface area contributed by atoms with Gasteiger partial charge in [-0.15, -0.1) is 0 Å². The van der Waals surface area contributed by atoms with Crippen LogP contribution in [0, 0.1) is 11.6 Å². The molecule has 0 aliphatic carbocycles. The summed E-state index contributed by atoms with van der Waals surface area (Å²) in [6.45, 7) is 0. The molecule has 130 valence electrons. The maximum absolute atomic E-state index is 13.1. The molecule has 3 aromatic rings. The Balaban J connectivity index is 1.37. The molecule has 0 saturated heterocycles. The Morgan fingerprint density at radius 2 is 1.00 bits per heavy atom. The van der Waals surface area contributed by atoms with E-state index in [2.05, 4.69) is 0 Å². The number of hydrogen-bond donors (Lipinski definition) is 0. The third-order valence-corrected chi connectivity index (χ3v) is 5.08. The molecule has 0 saturated carbocycles. The smallest absolute Gasteiger partial charge is 0.128 e. The second-order valence-electron chi connectivity index (χ2n) is 6.79. The van der Waals surface area contributed by atoms with Gasteiger partial charge in [0.2, 0.25) is 0 Å². The lowest BCUT2D eigenvalue weighted by Crippen LogP contribution is -2.03. The Kier molecular flexibility index (Phi) is 3.45. The van der Waals surface area contributed by atoms with Gasteiger partial charge in [-0.1, -0.05) is 24.3 Å². The van der Waals surface area contributed by atoms with E-state index in [9.17, 15) is 8.78 Å². The Labute approximate surface area is 150 Å². The zero-order chi connectivity index (χ0) is 17.7. The van der Waals surface area contributed by atoms with Crippen molar-refractivity contribution in [3.63, 3.8) is 0 Å². The summed E-state index contributed by atoms with van der Waals surface area (Å²) >= 11 is 0. The van der Waals surface area contributed by atoms with Gasteiger partial charge < -0.3 is 9.47 Å². The summed E-state index contributed by atoms with van der Waals surface area (Å²) in [6.07, 6.45) is 1.28. The molecule has 4 heteroatoms. The summed E-state index contributed by atoms with van der Waals surface area (Å²) in [5.41, 5.74) is 4.12. The molecular formula is C22H16F2O2. The highest BCUT2D eigenvalue weighted by Crippen LogP contribution is 2.45. The van der Waals surface area contributed by atoms with Crippen LogP contribution in [0.4, 0.5) is 8.78 Å². The molecule has 2 heterocycles. The minimum atomic E-state index is -0.247. The fourth-order valence-corrected chi connectivity index (χ4v) is 3.70. The summed E-state index contributed by atoms with van der Waals surface area (Å²) < 4.78 is 38.4. The van der Waals surface area contributed by atoms with Gasteiger partial charge in [-0.25, -0.2) is 8.78 Å². The van der Waals surface area contributed by atoms with Gasteiger partial charge in [0.25, 0.3) is 0 Å². The minimum absolute atomic E-state index is 0.0963. The molecule has 0 bridgehead atoms. The molecule has 2 atom stereocenters. The second kappa shape index (κ2) is 5.84. The molecule has 0 fully saturated rings. The van der Waals surface area contributed by atoms with Crippen molar-refractivity contribution in [2.24, 2.45) is 0 Å². The monoisotopic (exact) mass is 350 g/mol. The van der Waals surface area contributed by atoms with Crippen LogP contribution in [0.15, 0.2) is 60.7 Å². The molecule has 0 aromatic heterocycles. The molecule has 2 aliphatic rings. The van der Waals surface area contributed by atoms with Gasteiger partial charge >= 0.3 is 0 Å². The van der Waals surface area contributed by atoms with Gasteiger partial charge in [0, 0.05) is 24.0 Å². The number of hydrogen-bond acceptors (Lipinski definition) is 2. The average molecular weight is 350 g/mol. The normalized spacial score (nSPS) is 20.2. The van der Waals surface area contributed by atoms with E-state index in [4.69, 9.17) is 9.47 Å². The lowest BCUT2D eigenvalue weighted by molar-refractivity contribution is 0.237. The highest BCUT2D eigenvalue weighted by atomic mass is 19.1. The van der Waals surface area contributed by atoms with Crippen molar-refractivity contribution in [1.29, 1.82) is 0 Å². The Bertz CT molecular complexity index is 853. The van der Waals surface area contributed by atoms with Gasteiger partial charge in [-0.05, 0) is 47.5 Å². The summed E-state index contributed by atoms with van der Waals surface area (Å²) in [4.78, 5) is 0. The van der Waals surface area contributed by atoms with Crippen molar-refractivity contribution in [2.45, 2.75) is 25.0 Å². The van der Waals surface area contributed by atoms with Crippen LogP contribution in [0.5, 0.6) is 11.5 Å². The van der Waals surface area contributed by atoms with Gasteiger partial charge in [-0.3, -0.25) is 0 Å². The van der Waals surface area contributed by atoms with Gasteiger partial charge in [0.05, 0.1) is 0 Å². The van der Waals surface area contributed by atoms with Gasteiger partial charge in [-0.2, -0.15) is 0 Å². The predicted octanol–water partition coefficient (Wildman–Crippen LogP) is 5.32. The van der Waals surface area contributed by atoms with Crippen LogP contribution in [0.1, 0.15) is 34.5 Å². The fraction of sp³-hybridized carbons (Fsp3) is 0.182. The van der Waals surface area contributed by atoms with Crippen molar-refractivity contribution in [3.05, 3.63) is 94.6 Å². The van der Waals surface area contributed by atoms with Crippen LogP contribution >= 0.6 is 0 Å².